The Morgan fingerprint density at radius 1 is 0.318 bits per heavy atom. The first kappa shape index (κ1) is 50.8. The molecule has 0 spiro atoms. The molecule has 0 saturated carbocycles. The molecule has 0 aromatic carbocycles. The van der Waals surface area contributed by atoms with Crippen molar-refractivity contribution in [3.8, 4) is 0 Å². The van der Waals surface area contributed by atoms with Gasteiger partial charge < -0.3 is 8.97 Å². The SMILES string of the molecule is CCCC[N+](CCCC)(CCCC)CCCC.CCCC[N+](CCCC)(CCCC)CCCC.[O]=[Re](=[O])(=[O])[O-].[O]=[Re](=[O])(=[O])[O-]. The second-order valence-electron chi connectivity index (χ2n) is 12.1. The van der Waals surface area contributed by atoms with Gasteiger partial charge in [0.05, 0.1) is 52.4 Å². The first-order chi connectivity index (χ1) is 20.5. The van der Waals surface area contributed by atoms with Gasteiger partial charge in [0.1, 0.15) is 0 Å². The third-order valence-corrected chi connectivity index (χ3v) is 7.89. The summed E-state index contributed by atoms with van der Waals surface area (Å²) in [7, 11) is 0. The fourth-order valence-corrected chi connectivity index (χ4v) is 5.29. The monoisotopic (exact) mass is 986 g/mol. The number of hydrogen-bond acceptors (Lipinski definition) is 8. The molecule has 0 unspecified atom stereocenters. The molecule has 0 bridgehead atoms. The maximum absolute atomic E-state index is 8.64. The molecule has 0 aliphatic rings. The molecule has 0 radical (unpaired) electrons. The fourth-order valence-electron chi connectivity index (χ4n) is 5.29. The van der Waals surface area contributed by atoms with Crippen LogP contribution in [0.15, 0.2) is 0 Å². The van der Waals surface area contributed by atoms with Crippen molar-refractivity contribution in [2.24, 2.45) is 0 Å². The van der Waals surface area contributed by atoms with E-state index in [1.54, 1.807) is 0 Å². The third kappa shape index (κ3) is 44.1. The average Bonchev–Trinajstić information content (AvgIpc) is 2.94. The van der Waals surface area contributed by atoms with Crippen LogP contribution in [-0.4, -0.2) is 61.3 Å². The van der Waals surface area contributed by atoms with Gasteiger partial charge in [-0.25, -0.2) is 0 Å². The number of quaternary nitrogens is 2. The number of nitrogens with zero attached hydrogens (tertiary/aromatic N) is 2. The van der Waals surface area contributed by atoms with Crippen molar-refractivity contribution < 1.29 is 69.0 Å². The van der Waals surface area contributed by atoms with Crippen LogP contribution >= 0.6 is 0 Å². The van der Waals surface area contributed by atoms with Crippen molar-refractivity contribution in [3.05, 3.63) is 0 Å². The van der Waals surface area contributed by atoms with Gasteiger partial charge in [-0.2, -0.15) is 0 Å². The van der Waals surface area contributed by atoms with Crippen molar-refractivity contribution >= 4 is 0 Å². The van der Waals surface area contributed by atoms with Crippen molar-refractivity contribution in [1.29, 1.82) is 0 Å². The van der Waals surface area contributed by atoms with Gasteiger partial charge in [0.25, 0.3) is 0 Å². The van der Waals surface area contributed by atoms with Gasteiger partial charge in [-0.05, 0) is 51.4 Å². The molecule has 0 heterocycles. The van der Waals surface area contributed by atoms with E-state index in [2.05, 4.69) is 55.4 Å². The Morgan fingerprint density at radius 3 is 0.477 bits per heavy atom. The van der Waals surface area contributed by atoms with E-state index >= 15 is 0 Å². The Labute approximate surface area is 278 Å². The maximum atomic E-state index is 8.64. The molecule has 0 aliphatic heterocycles. The van der Waals surface area contributed by atoms with Crippen molar-refractivity contribution in [3.63, 3.8) is 0 Å². The molecule has 0 aromatic heterocycles. The topological polar surface area (TPSA) is 149 Å². The summed E-state index contributed by atoms with van der Waals surface area (Å²) < 4.78 is 72.0. The minimum absolute atomic E-state index is 1.35. The van der Waals surface area contributed by atoms with Gasteiger partial charge in [-0.1, -0.05) is 107 Å². The molecule has 272 valence electrons. The van der Waals surface area contributed by atoms with Crippen molar-refractivity contribution in [2.75, 3.05) is 52.4 Å². The molecule has 0 rings (SSSR count). The van der Waals surface area contributed by atoms with Crippen LogP contribution in [-0.2, 0) is 52.4 Å². The molecular formula is C32H72N2O8Re2. The molecular weight excluding hydrogens is 913 g/mol. The molecule has 0 atom stereocenters. The molecule has 10 nitrogen and oxygen atoms in total. The number of rotatable bonds is 24. The predicted molar refractivity (Wildman–Crippen MR) is 163 cm³/mol. The van der Waals surface area contributed by atoms with Crippen LogP contribution in [0.2, 0.25) is 0 Å². The van der Waals surface area contributed by atoms with Crippen LogP contribution in [0, 0.1) is 0 Å². The summed E-state index contributed by atoms with van der Waals surface area (Å²) in [4.78, 5) is 0. The zero-order chi connectivity index (χ0) is 35.0. The van der Waals surface area contributed by atoms with Crippen molar-refractivity contribution in [1.82, 2.24) is 0 Å². The summed E-state index contributed by atoms with van der Waals surface area (Å²) in [6.45, 7) is 30.0. The van der Waals surface area contributed by atoms with Crippen molar-refractivity contribution in [2.45, 2.75) is 158 Å². The summed E-state index contributed by atoms with van der Waals surface area (Å²) in [6.07, 6.45) is 22.1. The predicted octanol–water partition coefficient (Wildman–Crippen LogP) is 6.91. The molecule has 0 N–H and O–H groups in total. The van der Waals surface area contributed by atoms with E-state index in [-0.39, 0.29) is 0 Å². The summed E-state index contributed by atoms with van der Waals surface area (Å²) in [5.41, 5.74) is 0. The second kappa shape index (κ2) is 32.9. The minimum atomic E-state index is -6.11. The van der Waals surface area contributed by atoms with Gasteiger partial charge in [0.15, 0.2) is 0 Å². The van der Waals surface area contributed by atoms with E-state index in [0.29, 0.717) is 0 Å². The number of unbranched alkanes of at least 4 members (excludes halogenated alkanes) is 8. The first-order valence-corrected chi connectivity index (χ1v) is 26.3. The standard InChI is InChI=1S/2C16H36N.8O.2Re/c2*1-5-9-13-17(14-10-6-2,15-11-7-3)16-12-8-4;;;;;;;;;;/h2*5-16H2,1-4H3;;;;;;;;;;/q2*+1;;;;;;;2*-1;;. The Morgan fingerprint density at radius 2 is 0.409 bits per heavy atom. The van der Waals surface area contributed by atoms with Crippen LogP contribution in [0.25, 0.3) is 0 Å². The normalized spacial score (nSPS) is 11.9. The molecule has 0 fully saturated rings. The van der Waals surface area contributed by atoms with E-state index in [0.717, 1.165) is 0 Å². The Bertz CT molecular complexity index is 749. The molecule has 44 heavy (non-hydrogen) atoms. The van der Waals surface area contributed by atoms with Gasteiger partial charge in [0, 0.05) is 0 Å². The van der Waals surface area contributed by atoms with Gasteiger partial charge in [-0.15, -0.1) is 0 Å². The zero-order valence-corrected chi connectivity index (χ0v) is 35.3. The van der Waals surface area contributed by atoms with Crippen LogP contribution in [0.5, 0.6) is 0 Å². The zero-order valence-electron chi connectivity index (χ0n) is 29.9. The summed E-state index contributed by atoms with van der Waals surface area (Å²) in [6, 6.07) is 0. The fraction of sp³-hybridized carbons (Fsp3) is 1.00. The van der Waals surface area contributed by atoms with E-state index in [4.69, 9.17) is 28.5 Å². The summed E-state index contributed by atoms with van der Waals surface area (Å²) in [5, 5.41) is 0. The van der Waals surface area contributed by atoms with Gasteiger partial charge in [-0.3, -0.25) is 0 Å². The summed E-state index contributed by atoms with van der Waals surface area (Å²) in [5.74, 6) is 0. The molecule has 0 aromatic rings. The second-order valence-corrected chi connectivity index (χ2v) is 17.5. The first-order valence-electron chi connectivity index (χ1n) is 17.4. The van der Waals surface area contributed by atoms with E-state index < -0.39 is 31.6 Å². The van der Waals surface area contributed by atoms with Crippen LogP contribution in [0.3, 0.4) is 0 Å². The summed E-state index contributed by atoms with van der Waals surface area (Å²) >= 11 is -12.2. The average molecular weight is 985 g/mol. The van der Waals surface area contributed by atoms with Gasteiger partial charge >= 0.3 is 60.0 Å². The quantitative estimate of drug-likeness (QED) is 0.0949. The Balaban J connectivity index is -0.000000278. The third-order valence-electron chi connectivity index (χ3n) is 7.89. The molecule has 0 aliphatic carbocycles. The number of hydrogen-bond donors (Lipinski definition) is 0. The molecule has 12 heteroatoms. The Hall–Kier alpha value is -0.0353. The molecule has 0 saturated heterocycles. The van der Waals surface area contributed by atoms with Gasteiger partial charge in [0.2, 0.25) is 0 Å². The van der Waals surface area contributed by atoms with Crippen LogP contribution in [0.4, 0.5) is 0 Å². The molecule has 0 amide bonds. The van der Waals surface area contributed by atoms with E-state index in [1.807, 2.05) is 0 Å². The van der Waals surface area contributed by atoms with E-state index in [9.17, 15) is 0 Å². The van der Waals surface area contributed by atoms with Crippen LogP contribution in [0.1, 0.15) is 158 Å². The van der Waals surface area contributed by atoms with E-state index in [1.165, 1.54) is 164 Å². The Kier molecular flexibility index (Phi) is 38.0. The van der Waals surface area contributed by atoms with Crippen LogP contribution < -0.4 is 7.66 Å².